The smallest absolute Gasteiger partial charge is 0.386 e. The minimum absolute atomic E-state index is 0.687. The molecular weight excluding hydrogens is 266 g/mol. The third-order valence-electron chi connectivity index (χ3n) is 6.12. The number of rotatable bonds is 4. The summed E-state index contributed by atoms with van der Waals surface area (Å²) >= 11 is 0. The second-order valence-electron chi connectivity index (χ2n) is 6.97. The van der Waals surface area contributed by atoms with Gasteiger partial charge in [0.05, 0.1) is 0 Å². The quantitative estimate of drug-likeness (QED) is 0.736. The molecule has 1 heterocycles. The SMILES string of the molecule is CO[Si](OC)(C1CCCCC1)N1CCC2CCCCC21. The zero-order chi connectivity index (χ0) is 14.0. The highest BCUT2D eigenvalue weighted by molar-refractivity contribution is 6.66. The molecule has 4 heteroatoms. The fourth-order valence-corrected chi connectivity index (χ4v) is 9.30. The lowest BCUT2D eigenvalue weighted by molar-refractivity contribution is 0.118. The number of hydrogen-bond acceptors (Lipinski definition) is 3. The van der Waals surface area contributed by atoms with E-state index in [1.54, 1.807) is 0 Å². The van der Waals surface area contributed by atoms with Crippen LogP contribution in [0.5, 0.6) is 0 Å². The second-order valence-corrected chi connectivity index (χ2v) is 10.4. The highest BCUT2D eigenvalue weighted by Crippen LogP contribution is 2.46. The Morgan fingerprint density at radius 1 is 0.800 bits per heavy atom. The van der Waals surface area contributed by atoms with Gasteiger partial charge in [0.25, 0.3) is 0 Å². The monoisotopic (exact) mass is 297 g/mol. The summed E-state index contributed by atoms with van der Waals surface area (Å²) in [4.78, 5) is 0. The molecular formula is C16H31NO2Si. The predicted molar refractivity (Wildman–Crippen MR) is 83.7 cm³/mol. The molecule has 0 bridgehead atoms. The second kappa shape index (κ2) is 6.47. The van der Waals surface area contributed by atoms with Crippen LogP contribution in [0.2, 0.25) is 5.54 Å². The summed E-state index contributed by atoms with van der Waals surface area (Å²) in [5.74, 6) is 0.921. The molecule has 0 amide bonds. The van der Waals surface area contributed by atoms with Gasteiger partial charge in [0.2, 0.25) is 0 Å². The van der Waals surface area contributed by atoms with Crippen LogP contribution in [-0.4, -0.2) is 40.1 Å². The molecule has 2 unspecified atom stereocenters. The van der Waals surface area contributed by atoms with E-state index in [0.29, 0.717) is 5.54 Å². The Morgan fingerprint density at radius 3 is 2.15 bits per heavy atom. The van der Waals surface area contributed by atoms with Gasteiger partial charge in [0.1, 0.15) is 0 Å². The normalized spacial score (nSPS) is 33.3. The Hall–Kier alpha value is 0.0969. The molecule has 2 atom stereocenters. The lowest BCUT2D eigenvalue weighted by atomic mass is 9.86. The van der Waals surface area contributed by atoms with Gasteiger partial charge in [0, 0.05) is 25.8 Å². The van der Waals surface area contributed by atoms with Gasteiger partial charge in [-0.05, 0) is 44.6 Å². The van der Waals surface area contributed by atoms with Gasteiger partial charge in [-0.3, -0.25) is 4.57 Å². The van der Waals surface area contributed by atoms with Gasteiger partial charge in [0.15, 0.2) is 0 Å². The number of nitrogens with zero attached hydrogens (tertiary/aromatic N) is 1. The minimum Gasteiger partial charge on any atom is -0.386 e. The lowest BCUT2D eigenvalue weighted by Gasteiger charge is -2.46. The van der Waals surface area contributed by atoms with Gasteiger partial charge in [-0.25, -0.2) is 0 Å². The first-order chi connectivity index (χ1) is 9.81. The van der Waals surface area contributed by atoms with Gasteiger partial charge in [-0.1, -0.05) is 32.1 Å². The Morgan fingerprint density at radius 2 is 1.45 bits per heavy atom. The van der Waals surface area contributed by atoms with E-state index < -0.39 is 8.72 Å². The number of hydrogen-bond donors (Lipinski definition) is 0. The summed E-state index contributed by atoms with van der Waals surface area (Å²) < 4.78 is 15.1. The summed E-state index contributed by atoms with van der Waals surface area (Å²) in [6, 6.07) is 0.761. The van der Waals surface area contributed by atoms with Crippen molar-refractivity contribution in [1.82, 2.24) is 4.57 Å². The first-order valence-corrected chi connectivity index (χ1v) is 10.5. The van der Waals surface area contributed by atoms with Crippen molar-refractivity contribution in [3.05, 3.63) is 0 Å². The third-order valence-corrected chi connectivity index (χ3v) is 10.3. The van der Waals surface area contributed by atoms with E-state index in [1.165, 1.54) is 70.8 Å². The molecule has 20 heavy (non-hydrogen) atoms. The van der Waals surface area contributed by atoms with Crippen LogP contribution < -0.4 is 0 Å². The summed E-state index contributed by atoms with van der Waals surface area (Å²) in [7, 11) is 1.65. The Kier molecular flexibility index (Phi) is 4.85. The van der Waals surface area contributed by atoms with E-state index in [4.69, 9.17) is 8.85 Å². The number of fused-ring (bicyclic) bond motifs is 1. The first kappa shape index (κ1) is 15.0. The molecule has 3 fully saturated rings. The van der Waals surface area contributed by atoms with E-state index in [9.17, 15) is 0 Å². The zero-order valence-electron chi connectivity index (χ0n) is 13.3. The summed E-state index contributed by atoms with van der Waals surface area (Å²) in [6.45, 7) is 1.22. The van der Waals surface area contributed by atoms with E-state index >= 15 is 0 Å². The molecule has 1 aliphatic heterocycles. The molecule has 0 N–H and O–H groups in total. The van der Waals surface area contributed by atoms with Crippen LogP contribution >= 0.6 is 0 Å². The van der Waals surface area contributed by atoms with E-state index in [-0.39, 0.29) is 0 Å². The maximum Gasteiger partial charge on any atom is 0.430 e. The molecule has 0 radical (unpaired) electrons. The predicted octanol–water partition coefficient (Wildman–Crippen LogP) is 3.82. The maximum absolute atomic E-state index is 6.20. The van der Waals surface area contributed by atoms with E-state index in [1.807, 2.05) is 14.2 Å². The fraction of sp³-hybridized carbons (Fsp3) is 1.00. The molecule has 3 nitrogen and oxygen atoms in total. The summed E-state index contributed by atoms with van der Waals surface area (Å²) in [6.07, 6.45) is 13.8. The molecule has 3 aliphatic rings. The van der Waals surface area contributed by atoms with Gasteiger partial charge >= 0.3 is 8.72 Å². The van der Waals surface area contributed by atoms with Gasteiger partial charge in [-0.2, -0.15) is 0 Å². The molecule has 2 saturated carbocycles. The van der Waals surface area contributed by atoms with Crippen LogP contribution in [0.25, 0.3) is 0 Å². The van der Waals surface area contributed by atoms with Crippen LogP contribution in [-0.2, 0) is 8.85 Å². The van der Waals surface area contributed by atoms with Crippen molar-refractivity contribution in [2.45, 2.75) is 75.8 Å². The Labute approximate surface area is 125 Å². The summed E-state index contributed by atoms with van der Waals surface area (Å²) in [5.41, 5.74) is 0.687. The molecule has 0 spiro atoms. The van der Waals surface area contributed by atoms with Crippen molar-refractivity contribution < 1.29 is 8.85 Å². The molecule has 0 aromatic heterocycles. The average molecular weight is 298 g/mol. The van der Waals surface area contributed by atoms with Gasteiger partial charge < -0.3 is 8.85 Å². The zero-order valence-corrected chi connectivity index (χ0v) is 14.3. The van der Waals surface area contributed by atoms with Crippen LogP contribution in [0.3, 0.4) is 0 Å². The van der Waals surface area contributed by atoms with Crippen LogP contribution in [0.15, 0.2) is 0 Å². The average Bonchev–Trinajstić information content (AvgIpc) is 2.95. The largest absolute Gasteiger partial charge is 0.430 e. The molecule has 0 aromatic rings. The molecule has 2 aliphatic carbocycles. The van der Waals surface area contributed by atoms with Crippen LogP contribution in [0.4, 0.5) is 0 Å². The van der Waals surface area contributed by atoms with Crippen molar-refractivity contribution >= 4 is 8.72 Å². The molecule has 0 aromatic carbocycles. The van der Waals surface area contributed by atoms with Crippen molar-refractivity contribution in [2.75, 3.05) is 20.8 Å². The van der Waals surface area contributed by atoms with Crippen molar-refractivity contribution in [1.29, 1.82) is 0 Å². The molecule has 3 rings (SSSR count). The Balaban J connectivity index is 1.81. The first-order valence-electron chi connectivity index (χ1n) is 8.69. The minimum atomic E-state index is -2.18. The maximum atomic E-state index is 6.20. The topological polar surface area (TPSA) is 21.7 Å². The molecule has 116 valence electrons. The van der Waals surface area contributed by atoms with Crippen LogP contribution in [0, 0.1) is 5.92 Å². The molecule has 1 saturated heterocycles. The highest BCUT2D eigenvalue weighted by Gasteiger charge is 2.56. The lowest BCUT2D eigenvalue weighted by Crippen LogP contribution is -2.63. The summed E-state index contributed by atoms with van der Waals surface area (Å²) in [5, 5.41) is 0. The Bertz CT molecular complexity index is 316. The van der Waals surface area contributed by atoms with Crippen LogP contribution in [0.1, 0.15) is 64.2 Å². The van der Waals surface area contributed by atoms with Crippen molar-refractivity contribution in [3.63, 3.8) is 0 Å². The van der Waals surface area contributed by atoms with E-state index in [0.717, 1.165) is 12.0 Å². The highest BCUT2D eigenvalue weighted by atomic mass is 28.4. The third kappa shape index (κ3) is 2.49. The standard InChI is InChI=1S/C16H31NO2Si/c1-18-20(19-2,15-9-4-3-5-10-15)17-13-12-14-8-6-7-11-16(14)17/h14-16H,3-13H2,1-2H3. The van der Waals surface area contributed by atoms with E-state index in [2.05, 4.69) is 4.57 Å². The van der Waals surface area contributed by atoms with Crippen molar-refractivity contribution in [3.8, 4) is 0 Å². The van der Waals surface area contributed by atoms with Crippen molar-refractivity contribution in [2.24, 2.45) is 5.92 Å². The van der Waals surface area contributed by atoms with Gasteiger partial charge in [-0.15, -0.1) is 0 Å². The fourth-order valence-electron chi connectivity index (χ4n) is 5.15.